The van der Waals surface area contributed by atoms with Crippen molar-refractivity contribution < 1.29 is 18.0 Å². The molecular formula is C19H20F3N3O2. The second-order valence-corrected chi connectivity index (χ2v) is 6.72. The first-order chi connectivity index (χ1) is 12.7. The van der Waals surface area contributed by atoms with Crippen molar-refractivity contribution in [1.82, 2.24) is 14.9 Å². The predicted molar refractivity (Wildman–Crippen MR) is 93.2 cm³/mol. The molecular weight excluding hydrogens is 359 g/mol. The number of carbonyl (C=O) groups is 1. The monoisotopic (exact) mass is 379 g/mol. The van der Waals surface area contributed by atoms with Crippen LogP contribution in [0.25, 0.3) is 0 Å². The van der Waals surface area contributed by atoms with Crippen LogP contribution in [0.2, 0.25) is 0 Å². The quantitative estimate of drug-likeness (QED) is 0.890. The summed E-state index contributed by atoms with van der Waals surface area (Å²) in [7, 11) is 0. The lowest BCUT2D eigenvalue weighted by atomic mass is 9.97. The van der Waals surface area contributed by atoms with Crippen molar-refractivity contribution in [2.75, 3.05) is 6.54 Å². The van der Waals surface area contributed by atoms with Gasteiger partial charge in [-0.25, -0.2) is 4.98 Å². The van der Waals surface area contributed by atoms with Gasteiger partial charge in [0.1, 0.15) is 5.82 Å². The number of aromatic nitrogens is 2. The second-order valence-electron chi connectivity index (χ2n) is 6.72. The normalized spacial score (nSPS) is 17.4. The van der Waals surface area contributed by atoms with Gasteiger partial charge in [0.25, 0.3) is 5.56 Å². The smallest absolute Gasteiger partial charge is 0.335 e. The van der Waals surface area contributed by atoms with E-state index in [-0.39, 0.29) is 29.0 Å². The highest BCUT2D eigenvalue weighted by molar-refractivity contribution is 5.79. The molecule has 0 radical (unpaired) electrons. The molecule has 1 amide bonds. The lowest BCUT2D eigenvalue weighted by Gasteiger charge is -2.27. The summed E-state index contributed by atoms with van der Waals surface area (Å²) in [4.78, 5) is 33.1. The number of hydrogen-bond acceptors (Lipinski definition) is 3. The number of H-pyrrole nitrogens is 1. The minimum atomic E-state index is -4.48. The fourth-order valence-corrected chi connectivity index (χ4v) is 3.65. The van der Waals surface area contributed by atoms with Gasteiger partial charge in [0, 0.05) is 17.8 Å². The van der Waals surface area contributed by atoms with Gasteiger partial charge in [0.15, 0.2) is 0 Å². The van der Waals surface area contributed by atoms with Gasteiger partial charge in [0.2, 0.25) is 5.91 Å². The maximum absolute atomic E-state index is 13.4. The molecule has 1 fully saturated rings. The van der Waals surface area contributed by atoms with Crippen molar-refractivity contribution >= 4 is 5.91 Å². The fraction of sp³-hybridized carbons (Fsp3) is 0.421. The molecule has 1 atom stereocenters. The molecule has 0 aliphatic carbocycles. The zero-order chi connectivity index (χ0) is 19.8. The number of likely N-dealkylation sites (tertiary alicyclic amines) is 1. The lowest BCUT2D eigenvalue weighted by molar-refractivity contribution is -0.140. The first-order valence-corrected chi connectivity index (χ1v) is 8.70. The van der Waals surface area contributed by atoms with Crippen molar-refractivity contribution in [3.05, 3.63) is 62.8 Å². The molecule has 0 bridgehead atoms. The molecule has 0 unspecified atom stereocenters. The van der Waals surface area contributed by atoms with Crippen LogP contribution in [0.3, 0.4) is 0 Å². The number of benzene rings is 1. The summed E-state index contributed by atoms with van der Waals surface area (Å²) in [5.74, 6) is 0.0839. The molecule has 27 heavy (non-hydrogen) atoms. The van der Waals surface area contributed by atoms with Crippen LogP contribution in [-0.2, 0) is 17.4 Å². The Kier molecular flexibility index (Phi) is 5.08. The van der Waals surface area contributed by atoms with Crippen LogP contribution >= 0.6 is 0 Å². The molecule has 1 aliphatic rings. The topological polar surface area (TPSA) is 66.1 Å². The molecule has 1 aromatic heterocycles. The summed E-state index contributed by atoms with van der Waals surface area (Å²) in [5, 5.41) is 0. The molecule has 3 rings (SSSR count). The molecule has 1 aliphatic heterocycles. The molecule has 2 heterocycles. The van der Waals surface area contributed by atoms with Crippen LogP contribution in [0.4, 0.5) is 13.2 Å². The third kappa shape index (κ3) is 3.89. The summed E-state index contributed by atoms with van der Waals surface area (Å²) in [5.41, 5.74) is -0.305. The number of rotatable bonds is 3. The molecule has 1 N–H and O–H groups in total. The Balaban J connectivity index is 1.90. The minimum absolute atomic E-state index is 0.100. The Hall–Kier alpha value is -2.64. The number of halogens is 3. The van der Waals surface area contributed by atoms with E-state index < -0.39 is 17.8 Å². The number of amides is 1. The van der Waals surface area contributed by atoms with E-state index in [1.807, 2.05) is 0 Å². The van der Waals surface area contributed by atoms with E-state index in [9.17, 15) is 22.8 Å². The summed E-state index contributed by atoms with van der Waals surface area (Å²) >= 11 is 0. The van der Waals surface area contributed by atoms with Gasteiger partial charge in [-0.2, -0.15) is 13.2 Å². The van der Waals surface area contributed by atoms with Crippen molar-refractivity contribution in [3.63, 3.8) is 0 Å². The maximum Gasteiger partial charge on any atom is 0.416 e. The number of carbonyl (C=O) groups excluding carboxylic acids is 1. The van der Waals surface area contributed by atoms with Crippen LogP contribution in [0.5, 0.6) is 0 Å². The van der Waals surface area contributed by atoms with Gasteiger partial charge >= 0.3 is 6.18 Å². The van der Waals surface area contributed by atoms with Gasteiger partial charge in [-0.15, -0.1) is 0 Å². The number of aromatic amines is 1. The highest BCUT2D eigenvalue weighted by Gasteiger charge is 2.39. The van der Waals surface area contributed by atoms with Crippen molar-refractivity contribution in [2.45, 2.75) is 45.3 Å². The van der Waals surface area contributed by atoms with Gasteiger partial charge in [-0.3, -0.25) is 9.59 Å². The van der Waals surface area contributed by atoms with Crippen LogP contribution in [-0.4, -0.2) is 27.3 Å². The Bertz CT molecular complexity index is 921. The molecule has 0 spiro atoms. The van der Waals surface area contributed by atoms with Crippen LogP contribution in [0, 0.1) is 13.8 Å². The predicted octanol–water partition coefficient (Wildman–Crippen LogP) is 3.31. The highest BCUT2D eigenvalue weighted by atomic mass is 19.4. The van der Waals surface area contributed by atoms with E-state index in [4.69, 9.17) is 0 Å². The molecule has 1 saturated heterocycles. The molecule has 1 aromatic carbocycles. The third-order valence-corrected chi connectivity index (χ3v) is 4.87. The van der Waals surface area contributed by atoms with E-state index in [0.29, 0.717) is 30.9 Å². The maximum atomic E-state index is 13.4. The Labute approximate surface area is 154 Å². The molecule has 2 aromatic rings. The number of nitrogens with zero attached hydrogens (tertiary/aromatic N) is 2. The molecule has 8 heteroatoms. The summed E-state index contributed by atoms with van der Waals surface area (Å²) in [6.07, 6.45) is -3.59. The summed E-state index contributed by atoms with van der Waals surface area (Å²) in [6.45, 7) is 3.65. The summed E-state index contributed by atoms with van der Waals surface area (Å²) in [6, 6.07) is 4.70. The van der Waals surface area contributed by atoms with E-state index in [1.54, 1.807) is 19.9 Å². The van der Waals surface area contributed by atoms with Crippen molar-refractivity contribution in [2.24, 2.45) is 0 Å². The zero-order valence-corrected chi connectivity index (χ0v) is 15.1. The van der Waals surface area contributed by atoms with Gasteiger partial charge < -0.3 is 9.88 Å². The first kappa shape index (κ1) is 19.1. The van der Waals surface area contributed by atoms with E-state index in [1.165, 1.54) is 17.0 Å². The van der Waals surface area contributed by atoms with Crippen LogP contribution in [0.15, 0.2) is 29.1 Å². The molecule has 5 nitrogen and oxygen atoms in total. The number of aryl methyl sites for hydroxylation is 2. The van der Waals surface area contributed by atoms with E-state index in [0.717, 1.165) is 6.07 Å². The van der Waals surface area contributed by atoms with Crippen LogP contribution < -0.4 is 5.56 Å². The van der Waals surface area contributed by atoms with Gasteiger partial charge in [-0.05, 0) is 38.3 Å². The Morgan fingerprint density at radius 3 is 2.67 bits per heavy atom. The minimum Gasteiger partial charge on any atom is -0.335 e. The lowest BCUT2D eigenvalue weighted by Crippen LogP contribution is -2.34. The number of nitrogens with one attached hydrogen (secondary N) is 1. The second kappa shape index (κ2) is 7.17. The molecule has 0 saturated carbocycles. The van der Waals surface area contributed by atoms with Gasteiger partial charge in [0.05, 0.1) is 18.0 Å². The van der Waals surface area contributed by atoms with E-state index >= 15 is 0 Å². The molecule has 144 valence electrons. The average Bonchev–Trinajstić information content (AvgIpc) is 3.07. The largest absolute Gasteiger partial charge is 0.416 e. The summed E-state index contributed by atoms with van der Waals surface area (Å²) < 4.78 is 40.1. The number of hydrogen-bond donors (Lipinski definition) is 1. The van der Waals surface area contributed by atoms with E-state index in [2.05, 4.69) is 9.97 Å². The van der Waals surface area contributed by atoms with Gasteiger partial charge in [-0.1, -0.05) is 18.2 Å². The average molecular weight is 379 g/mol. The fourth-order valence-electron chi connectivity index (χ4n) is 3.65. The SMILES string of the molecule is Cc1nc(C)c(CC(=O)N2CCC[C@@H]2c2ccccc2C(F)(F)F)c(=O)[nH]1. The highest BCUT2D eigenvalue weighted by Crippen LogP contribution is 2.40. The van der Waals surface area contributed by atoms with Crippen LogP contribution in [0.1, 0.15) is 47.1 Å². The number of alkyl halides is 3. The Morgan fingerprint density at radius 2 is 2.00 bits per heavy atom. The first-order valence-electron chi connectivity index (χ1n) is 8.70. The third-order valence-electron chi connectivity index (χ3n) is 4.87. The Morgan fingerprint density at radius 1 is 1.30 bits per heavy atom. The van der Waals surface area contributed by atoms with Crippen molar-refractivity contribution in [1.29, 1.82) is 0 Å². The van der Waals surface area contributed by atoms with Crippen molar-refractivity contribution in [3.8, 4) is 0 Å². The standard InChI is InChI=1S/C19H20F3N3O2/c1-11-14(18(27)24-12(2)23-11)10-17(26)25-9-5-8-16(25)13-6-3-4-7-15(13)19(20,21)22/h3-4,6-7,16H,5,8-10H2,1-2H3,(H,23,24,27)/t16-/m1/s1. The zero-order valence-electron chi connectivity index (χ0n) is 15.1.